The third kappa shape index (κ3) is 7.03. The van der Waals surface area contributed by atoms with Crippen LogP contribution in [-0.4, -0.2) is 29.8 Å². The smallest absolute Gasteiger partial charge is 0.324 e. The summed E-state index contributed by atoms with van der Waals surface area (Å²) in [5.74, 6) is 1.54. The van der Waals surface area contributed by atoms with Crippen LogP contribution in [-0.2, 0) is 4.65 Å². The molecule has 3 nitrogen and oxygen atoms in total. The molecule has 0 heterocycles. The minimum Gasteiger partial charge on any atom is -0.493 e. The Balaban J connectivity index is 2.61. The second-order valence-electron chi connectivity index (χ2n) is 8.13. The molecule has 0 fully saturated rings. The molecule has 1 unspecified atom stereocenters. The molecule has 0 aliphatic heterocycles. The Hall–Kier alpha value is -0.995. The van der Waals surface area contributed by atoms with Crippen LogP contribution in [0.25, 0.3) is 0 Å². The van der Waals surface area contributed by atoms with Gasteiger partial charge in [0.25, 0.3) is 0 Å². The Bertz CT molecular complexity index is 491. The van der Waals surface area contributed by atoms with E-state index in [4.69, 9.17) is 9.39 Å². The van der Waals surface area contributed by atoms with E-state index in [-0.39, 0.29) is 6.92 Å². The van der Waals surface area contributed by atoms with Gasteiger partial charge in [-0.2, -0.15) is 0 Å². The van der Waals surface area contributed by atoms with Crippen molar-refractivity contribution in [3.63, 3.8) is 0 Å². The van der Waals surface area contributed by atoms with Crippen LogP contribution in [0.1, 0.15) is 67.2 Å². The summed E-state index contributed by atoms with van der Waals surface area (Å²) in [7, 11) is 0. The summed E-state index contributed by atoms with van der Waals surface area (Å²) in [5, 5.41) is 10.2. The van der Waals surface area contributed by atoms with Gasteiger partial charge in [-0.15, -0.1) is 0 Å². The molecule has 0 bridgehead atoms. The standard InChI is InChI=1S/C21H37BO3/c1-8-10-11-17(9-2)16-24-19-14-12-18(13-15-19)22(7)25-21(5,6)20(3,4)23/h12-15,17,23H,8-11,16H2,1-7H3. The van der Waals surface area contributed by atoms with E-state index >= 15 is 0 Å². The SMILES string of the molecule is CCCCC(CC)COc1ccc(B(C)OC(C)(C)C(C)(C)O)cc1. The zero-order valence-corrected chi connectivity index (χ0v) is 17.3. The topological polar surface area (TPSA) is 38.7 Å². The molecule has 0 radical (unpaired) electrons. The molecule has 1 aromatic carbocycles. The summed E-state index contributed by atoms with van der Waals surface area (Å²) in [6.07, 6.45) is 4.91. The van der Waals surface area contributed by atoms with Crippen LogP contribution in [0.4, 0.5) is 0 Å². The largest absolute Gasteiger partial charge is 0.493 e. The first-order valence-corrected chi connectivity index (χ1v) is 9.73. The molecule has 25 heavy (non-hydrogen) atoms. The fraction of sp³-hybridized carbons (Fsp3) is 0.714. The number of unbranched alkanes of at least 4 members (excludes halogenated alkanes) is 1. The Labute approximate surface area is 155 Å². The lowest BCUT2D eigenvalue weighted by Crippen LogP contribution is -2.52. The number of ether oxygens (including phenoxy) is 1. The fourth-order valence-electron chi connectivity index (χ4n) is 2.60. The van der Waals surface area contributed by atoms with Gasteiger partial charge < -0.3 is 14.5 Å². The first-order valence-electron chi connectivity index (χ1n) is 9.73. The summed E-state index contributed by atoms with van der Waals surface area (Å²) >= 11 is 0. The molecule has 0 aliphatic rings. The molecule has 0 amide bonds. The van der Waals surface area contributed by atoms with Crippen molar-refractivity contribution in [3.05, 3.63) is 24.3 Å². The van der Waals surface area contributed by atoms with E-state index < -0.39 is 11.2 Å². The molecule has 1 aromatic rings. The van der Waals surface area contributed by atoms with Gasteiger partial charge in [-0.25, -0.2) is 0 Å². The van der Waals surface area contributed by atoms with Gasteiger partial charge >= 0.3 is 6.92 Å². The molecule has 0 aromatic heterocycles. The summed E-state index contributed by atoms with van der Waals surface area (Å²) in [6, 6.07) is 8.12. The molecule has 1 rings (SSSR count). The first-order chi connectivity index (χ1) is 11.6. The monoisotopic (exact) mass is 348 g/mol. The fourth-order valence-corrected chi connectivity index (χ4v) is 2.60. The predicted molar refractivity (Wildman–Crippen MR) is 108 cm³/mol. The third-order valence-corrected chi connectivity index (χ3v) is 5.32. The summed E-state index contributed by atoms with van der Waals surface area (Å²) < 4.78 is 12.1. The molecule has 1 atom stereocenters. The Morgan fingerprint density at radius 1 is 1.08 bits per heavy atom. The van der Waals surface area contributed by atoms with E-state index in [0.29, 0.717) is 5.92 Å². The molecule has 0 saturated heterocycles. The van der Waals surface area contributed by atoms with E-state index in [9.17, 15) is 5.11 Å². The molecule has 142 valence electrons. The zero-order chi connectivity index (χ0) is 19.1. The molecular weight excluding hydrogens is 311 g/mol. The number of benzene rings is 1. The predicted octanol–water partition coefficient (Wildman–Crippen LogP) is 4.68. The van der Waals surface area contributed by atoms with E-state index in [1.807, 2.05) is 44.9 Å². The maximum atomic E-state index is 10.2. The maximum absolute atomic E-state index is 10.2. The van der Waals surface area contributed by atoms with Crippen molar-refractivity contribution in [2.24, 2.45) is 5.92 Å². The van der Waals surface area contributed by atoms with E-state index in [1.165, 1.54) is 19.3 Å². The van der Waals surface area contributed by atoms with Gasteiger partial charge in [0.15, 0.2) is 0 Å². The van der Waals surface area contributed by atoms with Crippen molar-refractivity contribution in [2.75, 3.05) is 6.61 Å². The van der Waals surface area contributed by atoms with Crippen LogP contribution in [0, 0.1) is 5.92 Å². The van der Waals surface area contributed by atoms with Crippen LogP contribution in [0.3, 0.4) is 0 Å². The lowest BCUT2D eigenvalue weighted by Gasteiger charge is -2.39. The first kappa shape index (κ1) is 22.0. The molecule has 4 heteroatoms. The van der Waals surface area contributed by atoms with Crippen molar-refractivity contribution in [1.29, 1.82) is 0 Å². The number of hydrogen-bond donors (Lipinski definition) is 1. The van der Waals surface area contributed by atoms with Crippen molar-refractivity contribution in [2.45, 2.75) is 85.3 Å². The van der Waals surface area contributed by atoms with Crippen molar-refractivity contribution >= 4 is 12.4 Å². The second-order valence-corrected chi connectivity index (χ2v) is 8.13. The van der Waals surface area contributed by atoms with Crippen LogP contribution in [0.5, 0.6) is 5.75 Å². The third-order valence-electron chi connectivity index (χ3n) is 5.32. The van der Waals surface area contributed by atoms with Gasteiger partial charge in [-0.1, -0.05) is 52.1 Å². The van der Waals surface area contributed by atoms with Gasteiger partial charge in [-0.3, -0.25) is 0 Å². The minimum absolute atomic E-state index is 0.0941. The second kappa shape index (κ2) is 9.63. The van der Waals surface area contributed by atoms with Gasteiger partial charge in [0.05, 0.1) is 17.8 Å². The molecule has 0 spiro atoms. The minimum atomic E-state index is -0.905. The number of hydrogen-bond acceptors (Lipinski definition) is 3. The van der Waals surface area contributed by atoms with Crippen molar-refractivity contribution < 1.29 is 14.5 Å². The molecule has 0 saturated carbocycles. The van der Waals surface area contributed by atoms with E-state index in [2.05, 4.69) is 13.8 Å². The van der Waals surface area contributed by atoms with Gasteiger partial charge in [-0.05, 0) is 57.6 Å². The van der Waals surface area contributed by atoms with Crippen LogP contribution >= 0.6 is 0 Å². The lowest BCUT2D eigenvalue weighted by molar-refractivity contribution is -0.0918. The normalized spacial score (nSPS) is 13.6. The molecular formula is C21H37BO3. The highest BCUT2D eigenvalue weighted by atomic mass is 16.5. The van der Waals surface area contributed by atoms with Crippen molar-refractivity contribution in [3.8, 4) is 5.75 Å². The lowest BCUT2D eigenvalue weighted by atomic mass is 9.62. The summed E-state index contributed by atoms with van der Waals surface area (Å²) in [4.78, 5) is 0. The Morgan fingerprint density at radius 2 is 1.68 bits per heavy atom. The van der Waals surface area contributed by atoms with Gasteiger partial charge in [0, 0.05) is 0 Å². The molecule has 1 N–H and O–H groups in total. The highest BCUT2D eigenvalue weighted by molar-refractivity contribution is 6.66. The number of rotatable bonds is 11. The van der Waals surface area contributed by atoms with Crippen LogP contribution in [0.15, 0.2) is 24.3 Å². The van der Waals surface area contributed by atoms with Crippen LogP contribution < -0.4 is 10.2 Å². The Kier molecular flexibility index (Phi) is 8.50. The van der Waals surface area contributed by atoms with Gasteiger partial charge in [0.2, 0.25) is 0 Å². The maximum Gasteiger partial charge on any atom is 0.324 e. The van der Waals surface area contributed by atoms with E-state index in [1.54, 1.807) is 13.8 Å². The Morgan fingerprint density at radius 3 is 2.16 bits per heavy atom. The quantitative estimate of drug-likeness (QED) is 0.590. The van der Waals surface area contributed by atoms with Crippen molar-refractivity contribution in [1.82, 2.24) is 0 Å². The number of aliphatic hydroxyl groups is 1. The average Bonchev–Trinajstić information content (AvgIpc) is 2.54. The van der Waals surface area contributed by atoms with Crippen LogP contribution in [0.2, 0.25) is 6.82 Å². The van der Waals surface area contributed by atoms with Gasteiger partial charge in [0.1, 0.15) is 5.75 Å². The summed E-state index contributed by atoms with van der Waals surface area (Å²) in [6.45, 7) is 14.6. The zero-order valence-electron chi connectivity index (χ0n) is 17.3. The average molecular weight is 348 g/mol. The summed E-state index contributed by atoms with van der Waals surface area (Å²) in [5.41, 5.74) is -0.449. The molecule has 0 aliphatic carbocycles. The highest BCUT2D eigenvalue weighted by Gasteiger charge is 2.38. The van der Waals surface area contributed by atoms with E-state index in [0.717, 1.165) is 24.2 Å². The highest BCUT2D eigenvalue weighted by Crippen LogP contribution is 2.26.